The third-order valence-electron chi connectivity index (χ3n) is 4.13. The van der Waals surface area contributed by atoms with Crippen molar-refractivity contribution < 1.29 is 8.42 Å². The Labute approximate surface area is 132 Å². The highest BCUT2D eigenvalue weighted by Gasteiger charge is 2.28. The number of nitrogens with zero attached hydrogens (tertiary/aromatic N) is 1. The Balaban J connectivity index is 1.93. The molecule has 21 heavy (non-hydrogen) atoms. The van der Waals surface area contributed by atoms with Crippen molar-refractivity contribution in [3.63, 3.8) is 0 Å². The summed E-state index contributed by atoms with van der Waals surface area (Å²) in [5.41, 5.74) is 1.21. The SMILES string of the molecule is CNC(CCN1CCS(=O)(=O)CC1C)c1ccc(Cl)cc1. The second-order valence-corrected chi connectivity index (χ2v) is 8.35. The van der Waals surface area contributed by atoms with E-state index in [1.165, 1.54) is 5.56 Å². The van der Waals surface area contributed by atoms with E-state index in [1.54, 1.807) is 0 Å². The predicted molar refractivity (Wildman–Crippen MR) is 87.6 cm³/mol. The zero-order chi connectivity index (χ0) is 15.5. The molecule has 1 aliphatic rings. The zero-order valence-electron chi connectivity index (χ0n) is 12.5. The summed E-state index contributed by atoms with van der Waals surface area (Å²) in [6.45, 7) is 3.53. The Morgan fingerprint density at radius 1 is 1.38 bits per heavy atom. The van der Waals surface area contributed by atoms with Gasteiger partial charge in [0, 0.05) is 30.2 Å². The molecule has 1 fully saturated rings. The Morgan fingerprint density at radius 3 is 2.62 bits per heavy atom. The number of hydrogen-bond acceptors (Lipinski definition) is 4. The van der Waals surface area contributed by atoms with Crippen molar-refractivity contribution in [2.24, 2.45) is 0 Å². The minimum Gasteiger partial charge on any atom is -0.313 e. The van der Waals surface area contributed by atoms with Gasteiger partial charge >= 0.3 is 0 Å². The first-order chi connectivity index (χ1) is 9.91. The molecule has 2 unspecified atom stereocenters. The highest BCUT2D eigenvalue weighted by atomic mass is 35.5. The minimum atomic E-state index is -2.84. The first kappa shape index (κ1) is 16.7. The number of halogens is 1. The van der Waals surface area contributed by atoms with E-state index in [2.05, 4.69) is 10.2 Å². The maximum atomic E-state index is 11.6. The highest BCUT2D eigenvalue weighted by Crippen LogP contribution is 2.21. The van der Waals surface area contributed by atoms with E-state index in [0.717, 1.165) is 18.0 Å². The Kier molecular flexibility index (Phi) is 5.66. The van der Waals surface area contributed by atoms with Crippen LogP contribution in [-0.4, -0.2) is 51.0 Å². The molecular weight excluding hydrogens is 308 g/mol. The normalized spacial score (nSPS) is 23.9. The molecule has 0 bridgehead atoms. The van der Waals surface area contributed by atoms with Crippen LogP contribution < -0.4 is 5.32 Å². The van der Waals surface area contributed by atoms with E-state index in [1.807, 2.05) is 38.2 Å². The van der Waals surface area contributed by atoms with E-state index in [0.29, 0.717) is 6.54 Å². The minimum absolute atomic E-state index is 0.103. The lowest BCUT2D eigenvalue weighted by atomic mass is 10.0. The first-order valence-electron chi connectivity index (χ1n) is 7.28. The average Bonchev–Trinajstić information content (AvgIpc) is 2.42. The van der Waals surface area contributed by atoms with Crippen molar-refractivity contribution in [3.8, 4) is 0 Å². The summed E-state index contributed by atoms with van der Waals surface area (Å²) in [7, 11) is -0.890. The van der Waals surface area contributed by atoms with Gasteiger partial charge in [-0.3, -0.25) is 4.90 Å². The number of benzene rings is 1. The fourth-order valence-corrected chi connectivity index (χ4v) is 4.58. The molecule has 6 heteroatoms. The van der Waals surface area contributed by atoms with Crippen molar-refractivity contribution in [2.45, 2.75) is 25.4 Å². The smallest absolute Gasteiger partial charge is 0.153 e. The van der Waals surface area contributed by atoms with Crippen molar-refractivity contribution in [3.05, 3.63) is 34.9 Å². The third-order valence-corrected chi connectivity index (χ3v) is 6.18. The maximum Gasteiger partial charge on any atom is 0.153 e. The van der Waals surface area contributed by atoms with Crippen molar-refractivity contribution >= 4 is 21.4 Å². The van der Waals surface area contributed by atoms with E-state index < -0.39 is 9.84 Å². The van der Waals surface area contributed by atoms with Gasteiger partial charge in [-0.15, -0.1) is 0 Å². The van der Waals surface area contributed by atoms with Crippen molar-refractivity contribution in [1.82, 2.24) is 10.2 Å². The lowest BCUT2D eigenvalue weighted by Gasteiger charge is -2.34. The van der Waals surface area contributed by atoms with Crippen LogP contribution in [-0.2, 0) is 9.84 Å². The fourth-order valence-electron chi connectivity index (χ4n) is 2.83. The summed E-state index contributed by atoms with van der Waals surface area (Å²) < 4.78 is 23.2. The van der Waals surface area contributed by atoms with Crippen LogP contribution in [0.15, 0.2) is 24.3 Å². The number of sulfone groups is 1. The lowest BCUT2D eigenvalue weighted by molar-refractivity contribution is 0.215. The molecule has 0 spiro atoms. The lowest BCUT2D eigenvalue weighted by Crippen LogP contribution is -2.47. The molecule has 0 aliphatic carbocycles. The van der Waals surface area contributed by atoms with Gasteiger partial charge in [-0.1, -0.05) is 23.7 Å². The van der Waals surface area contributed by atoms with E-state index in [-0.39, 0.29) is 23.6 Å². The second kappa shape index (κ2) is 7.09. The van der Waals surface area contributed by atoms with Gasteiger partial charge in [0.25, 0.3) is 0 Å². The topological polar surface area (TPSA) is 49.4 Å². The molecule has 1 aliphatic heterocycles. The highest BCUT2D eigenvalue weighted by molar-refractivity contribution is 7.91. The molecule has 1 heterocycles. The van der Waals surface area contributed by atoms with Gasteiger partial charge in [-0.2, -0.15) is 0 Å². The molecule has 118 valence electrons. The van der Waals surface area contributed by atoms with Gasteiger partial charge in [0.1, 0.15) is 0 Å². The summed E-state index contributed by atoms with van der Waals surface area (Å²) in [4.78, 5) is 2.27. The van der Waals surface area contributed by atoms with Crippen LogP contribution in [0.2, 0.25) is 5.02 Å². The number of rotatable bonds is 5. The van der Waals surface area contributed by atoms with Gasteiger partial charge in [-0.25, -0.2) is 8.42 Å². The second-order valence-electron chi connectivity index (χ2n) is 5.68. The van der Waals surface area contributed by atoms with Gasteiger partial charge in [0.05, 0.1) is 11.5 Å². The average molecular weight is 331 g/mol. The van der Waals surface area contributed by atoms with Crippen LogP contribution in [0.1, 0.15) is 24.9 Å². The maximum absolute atomic E-state index is 11.6. The van der Waals surface area contributed by atoms with E-state index in [4.69, 9.17) is 11.6 Å². The van der Waals surface area contributed by atoms with Crippen molar-refractivity contribution in [2.75, 3.05) is 31.6 Å². The van der Waals surface area contributed by atoms with Gasteiger partial charge < -0.3 is 5.32 Å². The van der Waals surface area contributed by atoms with E-state index >= 15 is 0 Å². The first-order valence-corrected chi connectivity index (χ1v) is 9.48. The molecule has 0 saturated carbocycles. The summed E-state index contributed by atoms with van der Waals surface area (Å²) in [6.07, 6.45) is 0.947. The van der Waals surface area contributed by atoms with Crippen molar-refractivity contribution in [1.29, 1.82) is 0 Å². The molecule has 1 aromatic rings. The molecule has 1 N–H and O–H groups in total. The fraction of sp³-hybridized carbons (Fsp3) is 0.600. The van der Waals surface area contributed by atoms with Crippen LogP contribution in [0.5, 0.6) is 0 Å². The molecule has 0 amide bonds. The monoisotopic (exact) mass is 330 g/mol. The van der Waals surface area contributed by atoms with E-state index in [9.17, 15) is 8.42 Å². The molecule has 4 nitrogen and oxygen atoms in total. The molecular formula is C15H23ClN2O2S. The van der Waals surface area contributed by atoms with Crippen LogP contribution in [0, 0.1) is 0 Å². The Hall–Kier alpha value is -0.620. The van der Waals surface area contributed by atoms with Gasteiger partial charge in [0.15, 0.2) is 9.84 Å². The number of hydrogen-bond donors (Lipinski definition) is 1. The van der Waals surface area contributed by atoms with Crippen LogP contribution >= 0.6 is 11.6 Å². The summed E-state index contributed by atoms with van der Waals surface area (Å²) in [5, 5.41) is 4.06. The summed E-state index contributed by atoms with van der Waals surface area (Å²) in [6, 6.07) is 8.23. The molecule has 1 aromatic carbocycles. The molecule has 0 aromatic heterocycles. The number of nitrogens with one attached hydrogen (secondary N) is 1. The molecule has 1 saturated heterocycles. The predicted octanol–water partition coefficient (Wildman–Crippen LogP) is 2.11. The van der Waals surface area contributed by atoms with Crippen LogP contribution in [0.25, 0.3) is 0 Å². The van der Waals surface area contributed by atoms with Gasteiger partial charge in [0.2, 0.25) is 0 Å². The third kappa shape index (κ3) is 4.68. The molecule has 2 rings (SSSR count). The van der Waals surface area contributed by atoms with Gasteiger partial charge in [-0.05, 0) is 38.1 Å². The summed E-state index contributed by atoms with van der Waals surface area (Å²) in [5.74, 6) is 0.556. The Bertz CT molecular complexity index is 560. The quantitative estimate of drug-likeness (QED) is 0.898. The Morgan fingerprint density at radius 2 is 2.05 bits per heavy atom. The van der Waals surface area contributed by atoms with Crippen LogP contribution in [0.3, 0.4) is 0 Å². The van der Waals surface area contributed by atoms with Crippen LogP contribution in [0.4, 0.5) is 0 Å². The zero-order valence-corrected chi connectivity index (χ0v) is 14.1. The molecule has 2 atom stereocenters. The summed E-state index contributed by atoms with van der Waals surface area (Å²) >= 11 is 5.92. The molecule has 0 radical (unpaired) electrons. The largest absolute Gasteiger partial charge is 0.313 e. The standard InChI is InChI=1S/C15H23ClN2O2S/c1-12-11-21(19,20)10-9-18(12)8-7-15(17-2)13-3-5-14(16)6-4-13/h3-6,12,15,17H,7-11H2,1-2H3.